The van der Waals surface area contributed by atoms with Gasteiger partial charge in [-0.15, -0.1) is 0 Å². The Balaban J connectivity index is 2.67. The average Bonchev–Trinajstić information content (AvgIpc) is 2.30. The number of benzene rings is 1. The van der Waals surface area contributed by atoms with Gasteiger partial charge in [0.05, 0.1) is 11.5 Å². The van der Waals surface area contributed by atoms with E-state index in [1.807, 2.05) is 6.92 Å². The molecule has 0 fully saturated rings. The summed E-state index contributed by atoms with van der Waals surface area (Å²) in [6.07, 6.45) is 0.945. The Kier molecular flexibility index (Phi) is 5.34. The van der Waals surface area contributed by atoms with Crippen molar-refractivity contribution in [3.05, 3.63) is 34.1 Å². The van der Waals surface area contributed by atoms with E-state index in [0.717, 1.165) is 23.9 Å². The van der Waals surface area contributed by atoms with Crippen molar-refractivity contribution in [2.24, 2.45) is 5.92 Å². The van der Waals surface area contributed by atoms with Crippen LogP contribution in [0.15, 0.2) is 18.2 Å². The maximum Gasteiger partial charge on any atom is 0.305 e. The quantitative estimate of drug-likeness (QED) is 0.459. The number of rotatable bonds is 6. The maximum absolute atomic E-state index is 13.3. The second kappa shape index (κ2) is 6.54. The number of hydrogen-bond donors (Lipinski definition) is 0. The standard InChI is InChI=1S/C11H13BrFNO3/c1-2-8(6-12)7-17-9-3-4-11(14(15)16)10(13)5-9/h3-5,8H,2,6-7H2,1H3. The van der Waals surface area contributed by atoms with Crippen LogP contribution in [-0.4, -0.2) is 16.9 Å². The predicted molar refractivity (Wildman–Crippen MR) is 66.1 cm³/mol. The number of halogens is 2. The van der Waals surface area contributed by atoms with Gasteiger partial charge in [-0.25, -0.2) is 0 Å². The number of nitro benzene ring substituents is 1. The van der Waals surface area contributed by atoms with Gasteiger partial charge in [-0.2, -0.15) is 4.39 Å². The molecular formula is C11H13BrFNO3. The van der Waals surface area contributed by atoms with Crippen LogP contribution in [0.25, 0.3) is 0 Å². The van der Waals surface area contributed by atoms with Gasteiger partial charge in [0.1, 0.15) is 5.75 Å². The minimum atomic E-state index is -0.876. The lowest BCUT2D eigenvalue weighted by Gasteiger charge is -2.12. The number of alkyl halides is 1. The zero-order chi connectivity index (χ0) is 12.8. The van der Waals surface area contributed by atoms with Crippen molar-refractivity contribution in [3.8, 4) is 5.75 Å². The van der Waals surface area contributed by atoms with E-state index in [1.165, 1.54) is 6.07 Å². The molecule has 1 rings (SSSR count). The Morgan fingerprint density at radius 3 is 2.76 bits per heavy atom. The van der Waals surface area contributed by atoms with Crippen molar-refractivity contribution < 1.29 is 14.1 Å². The van der Waals surface area contributed by atoms with Crippen LogP contribution >= 0.6 is 15.9 Å². The molecule has 0 bridgehead atoms. The summed E-state index contributed by atoms with van der Waals surface area (Å²) in [6, 6.07) is 3.56. The Bertz CT molecular complexity index is 396. The molecule has 0 aliphatic rings. The molecular weight excluding hydrogens is 293 g/mol. The molecule has 0 saturated carbocycles. The highest BCUT2D eigenvalue weighted by atomic mass is 79.9. The lowest BCUT2D eigenvalue weighted by atomic mass is 10.1. The molecule has 0 aliphatic heterocycles. The normalized spacial score (nSPS) is 12.2. The first kappa shape index (κ1) is 13.9. The summed E-state index contributed by atoms with van der Waals surface area (Å²) in [4.78, 5) is 9.65. The monoisotopic (exact) mass is 305 g/mol. The first-order valence-electron chi connectivity index (χ1n) is 5.21. The molecule has 1 unspecified atom stereocenters. The SMILES string of the molecule is CCC(CBr)COc1ccc([N+](=O)[O-])c(F)c1. The molecule has 0 N–H and O–H groups in total. The van der Waals surface area contributed by atoms with Crippen LogP contribution in [-0.2, 0) is 0 Å². The number of nitrogens with zero attached hydrogens (tertiary/aromatic N) is 1. The van der Waals surface area contributed by atoms with Gasteiger partial charge >= 0.3 is 5.69 Å². The summed E-state index contributed by atoms with van der Waals surface area (Å²) in [6.45, 7) is 2.49. The summed E-state index contributed by atoms with van der Waals surface area (Å²) in [7, 11) is 0. The van der Waals surface area contributed by atoms with Gasteiger partial charge < -0.3 is 4.74 Å². The van der Waals surface area contributed by atoms with Crippen molar-refractivity contribution >= 4 is 21.6 Å². The number of nitro groups is 1. The van der Waals surface area contributed by atoms with Crippen LogP contribution in [0.1, 0.15) is 13.3 Å². The van der Waals surface area contributed by atoms with Crippen molar-refractivity contribution in [1.29, 1.82) is 0 Å². The molecule has 0 amide bonds. The van der Waals surface area contributed by atoms with Crippen LogP contribution in [0, 0.1) is 21.8 Å². The minimum absolute atomic E-state index is 0.313. The first-order chi connectivity index (χ1) is 8.08. The summed E-state index contributed by atoms with van der Waals surface area (Å²) in [5, 5.41) is 11.2. The zero-order valence-electron chi connectivity index (χ0n) is 9.36. The number of ether oxygens (including phenoxy) is 1. The third-order valence-electron chi connectivity index (χ3n) is 2.40. The smallest absolute Gasteiger partial charge is 0.305 e. The highest BCUT2D eigenvalue weighted by Gasteiger charge is 2.14. The molecule has 0 aromatic heterocycles. The second-order valence-electron chi connectivity index (χ2n) is 3.61. The fraction of sp³-hybridized carbons (Fsp3) is 0.455. The van der Waals surface area contributed by atoms with Gasteiger partial charge in [0.2, 0.25) is 5.82 Å². The zero-order valence-corrected chi connectivity index (χ0v) is 10.9. The van der Waals surface area contributed by atoms with Gasteiger partial charge in [0, 0.05) is 23.4 Å². The van der Waals surface area contributed by atoms with E-state index in [9.17, 15) is 14.5 Å². The first-order valence-corrected chi connectivity index (χ1v) is 6.33. The molecule has 0 radical (unpaired) electrons. The Labute approximate surface area is 107 Å². The van der Waals surface area contributed by atoms with Gasteiger partial charge in [0.15, 0.2) is 0 Å². The van der Waals surface area contributed by atoms with Crippen LogP contribution in [0.5, 0.6) is 5.75 Å². The molecule has 0 spiro atoms. The van der Waals surface area contributed by atoms with E-state index in [2.05, 4.69) is 15.9 Å². The summed E-state index contributed by atoms with van der Waals surface area (Å²) in [5.41, 5.74) is -0.537. The Morgan fingerprint density at radius 2 is 2.29 bits per heavy atom. The lowest BCUT2D eigenvalue weighted by molar-refractivity contribution is -0.387. The van der Waals surface area contributed by atoms with E-state index in [-0.39, 0.29) is 0 Å². The van der Waals surface area contributed by atoms with Crippen molar-refractivity contribution in [2.45, 2.75) is 13.3 Å². The van der Waals surface area contributed by atoms with E-state index >= 15 is 0 Å². The second-order valence-corrected chi connectivity index (χ2v) is 4.26. The topological polar surface area (TPSA) is 52.4 Å². The van der Waals surface area contributed by atoms with E-state index in [4.69, 9.17) is 4.74 Å². The third kappa shape index (κ3) is 3.96. The highest BCUT2D eigenvalue weighted by molar-refractivity contribution is 9.09. The molecule has 1 atom stereocenters. The van der Waals surface area contributed by atoms with Crippen LogP contribution in [0.4, 0.5) is 10.1 Å². The van der Waals surface area contributed by atoms with Gasteiger partial charge in [-0.1, -0.05) is 22.9 Å². The fourth-order valence-corrected chi connectivity index (χ4v) is 1.86. The summed E-state index contributed by atoms with van der Waals surface area (Å²) < 4.78 is 18.6. The molecule has 17 heavy (non-hydrogen) atoms. The van der Waals surface area contributed by atoms with Crippen molar-refractivity contribution in [3.63, 3.8) is 0 Å². The van der Waals surface area contributed by atoms with Crippen LogP contribution in [0.2, 0.25) is 0 Å². The molecule has 0 aliphatic carbocycles. The Hall–Kier alpha value is -1.17. The van der Waals surface area contributed by atoms with E-state index < -0.39 is 16.4 Å². The lowest BCUT2D eigenvalue weighted by Crippen LogP contribution is -2.12. The molecule has 94 valence electrons. The van der Waals surface area contributed by atoms with Crippen molar-refractivity contribution in [2.75, 3.05) is 11.9 Å². The van der Waals surface area contributed by atoms with E-state index in [1.54, 1.807) is 0 Å². The Morgan fingerprint density at radius 1 is 1.59 bits per heavy atom. The summed E-state index contributed by atoms with van der Waals surface area (Å²) >= 11 is 3.35. The maximum atomic E-state index is 13.3. The van der Waals surface area contributed by atoms with Gasteiger partial charge in [-0.3, -0.25) is 10.1 Å². The number of hydrogen-bond acceptors (Lipinski definition) is 3. The van der Waals surface area contributed by atoms with Crippen molar-refractivity contribution in [1.82, 2.24) is 0 Å². The molecule has 1 aromatic carbocycles. The average molecular weight is 306 g/mol. The van der Waals surface area contributed by atoms with Crippen LogP contribution < -0.4 is 4.74 Å². The highest BCUT2D eigenvalue weighted by Crippen LogP contribution is 2.23. The fourth-order valence-electron chi connectivity index (χ4n) is 1.21. The molecule has 1 aromatic rings. The molecule has 0 heterocycles. The van der Waals surface area contributed by atoms with Gasteiger partial charge in [0.25, 0.3) is 0 Å². The molecule has 0 saturated heterocycles. The minimum Gasteiger partial charge on any atom is -0.493 e. The molecule has 4 nitrogen and oxygen atoms in total. The predicted octanol–water partition coefficient (Wildman–Crippen LogP) is 3.53. The van der Waals surface area contributed by atoms with E-state index in [0.29, 0.717) is 18.3 Å². The largest absolute Gasteiger partial charge is 0.493 e. The molecule has 6 heteroatoms. The van der Waals surface area contributed by atoms with Gasteiger partial charge in [-0.05, 0) is 12.5 Å². The third-order valence-corrected chi connectivity index (χ3v) is 3.31. The van der Waals surface area contributed by atoms with Crippen LogP contribution in [0.3, 0.4) is 0 Å². The summed E-state index contributed by atoms with van der Waals surface area (Å²) in [5.74, 6) is -0.222.